The molecule has 1 N–H and O–H groups in total. The molecule has 0 spiro atoms. The Morgan fingerprint density at radius 3 is 2.65 bits per heavy atom. The zero-order valence-electron chi connectivity index (χ0n) is 12.5. The van der Waals surface area contributed by atoms with Gasteiger partial charge in [-0.2, -0.15) is 0 Å². The summed E-state index contributed by atoms with van der Waals surface area (Å²) in [5, 5.41) is 3.38. The Morgan fingerprint density at radius 1 is 1.25 bits per heavy atom. The number of hydrogen-bond acceptors (Lipinski definition) is 3. The molecular weight excluding hydrogens is 257 g/mol. The molecule has 20 heavy (non-hydrogen) atoms. The topological polar surface area (TPSA) is 30.5 Å². The van der Waals surface area contributed by atoms with E-state index in [-0.39, 0.29) is 11.4 Å². The molecule has 1 fully saturated rings. The van der Waals surface area contributed by atoms with Gasteiger partial charge in [0.1, 0.15) is 6.61 Å². The molecule has 4 heteroatoms. The van der Waals surface area contributed by atoms with Crippen molar-refractivity contribution in [2.24, 2.45) is 0 Å². The van der Waals surface area contributed by atoms with Crippen molar-refractivity contribution < 1.29 is 13.9 Å². The summed E-state index contributed by atoms with van der Waals surface area (Å²) in [5.74, 6) is 0.0361. The largest absolute Gasteiger partial charge is 0.488 e. The summed E-state index contributed by atoms with van der Waals surface area (Å²) in [6.07, 6.45) is 2.43. The molecule has 0 aromatic heterocycles. The molecule has 2 rings (SSSR count). The van der Waals surface area contributed by atoms with Crippen molar-refractivity contribution in [2.45, 2.75) is 51.8 Å². The van der Waals surface area contributed by atoms with Crippen LogP contribution >= 0.6 is 0 Å². The summed E-state index contributed by atoms with van der Waals surface area (Å²) in [6, 6.07) is 5.65. The average Bonchev–Trinajstić information content (AvgIpc) is 3.17. The Labute approximate surface area is 120 Å². The first-order chi connectivity index (χ1) is 9.46. The molecule has 1 aromatic rings. The van der Waals surface area contributed by atoms with Gasteiger partial charge in [0.25, 0.3) is 0 Å². The SMILES string of the molecule is CC(C)(C)OCCOc1c(F)cccc1CNC1CC1. The summed E-state index contributed by atoms with van der Waals surface area (Å²) in [6.45, 7) is 7.42. The van der Waals surface area contributed by atoms with Crippen molar-refractivity contribution in [1.82, 2.24) is 5.32 Å². The normalized spacial score (nSPS) is 15.4. The Balaban J connectivity index is 1.87. The van der Waals surface area contributed by atoms with Crippen molar-refractivity contribution in [3.8, 4) is 5.75 Å². The fourth-order valence-electron chi connectivity index (χ4n) is 1.89. The summed E-state index contributed by atoms with van der Waals surface area (Å²) in [7, 11) is 0. The quantitative estimate of drug-likeness (QED) is 0.778. The molecule has 1 saturated carbocycles. The van der Waals surface area contributed by atoms with Gasteiger partial charge < -0.3 is 14.8 Å². The van der Waals surface area contributed by atoms with Crippen LogP contribution in [-0.4, -0.2) is 24.9 Å². The maximum Gasteiger partial charge on any atom is 0.165 e. The maximum atomic E-state index is 13.9. The smallest absolute Gasteiger partial charge is 0.165 e. The minimum atomic E-state index is -0.309. The number of hydrogen-bond donors (Lipinski definition) is 1. The molecule has 1 aliphatic carbocycles. The van der Waals surface area contributed by atoms with E-state index in [1.807, 2.05) is 26.8 Å². The van der Waals surface area contributed by atoms with Crippen LogP contribution in [0.4, 0.5) is 4.39 Å². The Hall–Kier alpha value is -1.13. The van der Waals surface area contributed by atoms with E-state index in [4.69, 9.17) is 9.47 Å². The highest BCUT2D eigenvalue weighted by atomic mass is 19.1. The van der Waals surface area contributed by atoms with E-state index in [0.29, 0.717) is 31.5 Å². The minimum Gasteiger partial charge on any atom is -0.488 e. The second-order valence-corrected chi connectivity index (χ2v) is 6.19. The number of halogens is 1. The van der Waals surface area contributed by atoms with Crippen molar-refractivity contribution in [3.05, 3.63) is 29.6 Å². The molecule has 1 aliphatic rings. The van der Waals surface area contributed by atoms with Gasteiger partial charge in [-0.25, -0.2) is 4.39 Å². The summed E-state index contributed by atoms with van der Waals surface area (Å²) in [5.41, 5.74) is 0.669. The molecule has 0 atom stereocenters. The highest BCUT2D eigenvalue weighted by Gasteiger charge is 2.21. The highest BCUT2D eigenvalue weighted by molar-refractivity contribution is 5.35. The van der Waals surface area contributed by atoms with Crippen molar-refractivity contribution in [3.63, 3.8) is 0 Å². The Morgan fingerprint density at radius 2 is 2.00 bits per heavy atom. The fourth-order valence-corrected chi connectivity index (χ4v) is 1.89. The van der Waals surface area contributed by atoms with E-state index in [0.717, 1.165) is 5.56 Å². The number of rotatable bonds is 7. The first kappa shape index (κ1) is 15.3. The third-order valence-corrected chi connectivity index (χ3v) is 3.07. The highest BCUT2D eigenvalue weighted by Crippen LogP contribution is 2.25. The van der Waals surface area contributed by atoms with Crippen LogP contribution in [0.3, 0.4) is 0 Å². The van der Waals surface area contributed by atoms with Gasteiger partial charge in [0.2, 0.25) is 0 Å². The second-order valence-electron chi connectivity index (χ2n) is 6.19. The van der Waals surface area contributed by atoms with Crippen LogP contribution in [0.15, 0.2) is 18.2 Å². The van der Waals surface area contributed by atoms with Gasteiger partial charge in [0, 0.05) is 18.2 Å². The molecule has 1 aromatic carbocycles. The molecular formula is C16H24FNO2. The third kappa shape index (κ3) is 5.10. The molecule has 0 heterocycles. The summed E-state index contributed by atoms with van der Waals surface area (Å²) >= 11 is 0. The molecule has 112 valence electrons. The summed E-state index contributed by atoms with van der Waals surface area (Å²) in [4.78, 5) is 0. The average molecular weight is 281 g/mol. The van der Waals surface area contributed by atoms with Gasteiger partial charge in [-0.15, -0.1) is 0 Å². The monoisotopic (exact) mass is 281 g/mol. The first-order valence-electron chi connectivity index (χ1n) is 7.23. The molecule has 0 unspecified atom stereocenters. The van der Waals surface area contributed by atoms with Crippen LogP contribution in [0.2, 0.25) is 0 Å². The number of ether oxygens (including phenoxy) is 2. The zero-order valence-corrected chi connectivity index (χ0v) is 12.5. The van der Waals surface area contributed by atoms with E-state index < -0.39 is 0 Å². The van der Waals surface area contributed by atoms with E-state index in [1.54, 1.807) is 6.07 Å². The molecule has 3 nitrogen and oxygen atoms in total. The van der Waals surface area contributed by atoms with Gasteiger partial charge in [-0.05, 0) is 39.7 Å². The molecule has 0 amide bonds. The van der Waals surface area contributed by atoms with E-state index >= 15 is 0 Å². The molecule has 0 radical (unpaired) electrons. The lowest BCUT2D eigenvalue weighted by atomic mass is 10.2. The third-order valence-electron chi connectivity index (χ3n) is 3.07. The lowest BCUT2D eigenvalue weighted by molar-refractivity contribution is -0.0167. The van der Waals surface area contributed by atoms with Crippen molar-refractivity contribution in [1.29, 1.82) is 0 Å². The van der Waals surface area contributed by atoms with Crippen molar-refractivity contribution >= 4 is 0 Å². The fraction of sp³-hybridized carbons (Fsp3) is 0.625. The Kier molecular flexibility index (Phi) is 5.00. The predicted octanol–water partition coefficient (Wildman–Crippen LogP) is 3.27. The Bertz CT molecular complexity index is 439. The van der Waals surface area contributed by atoms with E-state index in [2.05, 4.69) is 5.32 Å². The number of benzene rings is 1. The molecule has 0 saturated heterocycles. The van der Waals surface area contributed by atoms with Gasteiger partial charge >= 0.3 is 0 Å². The lowest BCUT2D eigenvalue weighted by Gasteiger charge is -2.20. The number of para-hydroxylation sites is 1. The maximum absolute atomic E-state index is 13.9. The second kappa shape index (κ2) is 6.55. The standard InChI is InChI=1S/C16H24FNO2/c1-16(2,3)20-10-9-19-15-12(5-4-6-14(15)17)11-18-13-7-8-13/h4-6,13,18H,7-11H2,1-3H3. The van der Waals surface area contributed by atoms with Crippen LogP contribution in [0.1, 0.15) is 39.2 Å². The van der Waals surface area contributed by atoms with Crippen LogP contribution in [0, 0.1) is 5.82 Å². The van der Waals surface area contributed by atoms with E-state index in [9.17, 15) is 4.39 Å². The summed E-state index contributed by atoms with van der Waals surface area (Å²) < 4.78 is 25.0. The minimum absolute atomic E-state index is 0.199. The number of nitrogens with one attached hydrogen (secondary N) is 1. The van der Waals surface area contributed by atoms with Gasteiger partial charge in [0.05, 0.1) is 12.2 Å². The van der Waals surface area contributed by atoms with E-state index in [1.165, 1.54) is 18.9 Å². The van der Waals surface area contributed by atoms with Crippen molar-refractivity contribution in [2.75, 3.05) is 13.2 Å². The predicted molar refractivity (Wildman–Crippen MR) is 77.5 cm³/mol. The lowest BCUT2D eigenvalue weighted by Crippen LogP contribution is -2.23. The van der Waals surface area contributed by atoms with Gasteiger partial charge in [-0.3, -0.25) is 0 Å². The van der Waals surface area contributed by atoms with Crippen LogP contribution in [0.5, 0.6) is 5.75 Å². The van der Waals surface area contributed by atoms with Gasteiger partial charge in [-0.1, -0.05) is 12.1 Å². The van der Waals surface area contributed by atoms with Crippen LogP contribution in [-0.2, 0) is 11.3 Å². The molecule has 0 bridgehead atoms. The van der Waals surface area contributed by atoms with Crippen LogP contribution < -0.4 is 10.1 Å². The van der Waals surface area contributed by atoms with Crippen LogP contribution in [0.25, 0.3) is 0 Å². The molecule has 0 aliphatic heterocycles. The van der Waals surface area contributed by atoms with Gasteiger partial charge in [0.15, 0.2) is 11.6 Å². The first-order valence-corrected chi connectivity index (χ1v) is 7.23. The zero-order chi connectivity index (χ0) is 14.6.